The zero-order chi connectivity index (χ0) is 13.2. The molecule has 0 saturated carbocycles. The molecular formula is C13H19NO3S. The molecule has 0 aliphatic carbocycles. The van der Waals surface area contributed by atoms with E-state index in [-0.39, 0.29) is 12.5 Å². The first-order chi connectivity index (χ1) is 8.54. The Balaban J connectivity index is 2.22. The molecule has 1 N–H and O–H groups in total. The maximum atomic E-state index is 12.4. The molecule has 0 bridgehead atoms. The van der Waals surface area contributed by atoms with Crippen LogP contribution in [-0.4, -0.2) is 37.5 Å². The van der Waals surface area contributed by atoms with Gasteiger partial charge in [0, 0.05) is 19.7 Å². The molecule has 5 heteroatoms. The highest BCUT2D eigenvalue weighted by Gasteiger charge is 2.29. The number of nitrogens with zero attached hydrogens (tertiary/aromatic N) is 1. The fraction of sp³-hybridized carbons (Fsp3) is 0.538. The van der Waals surface area contributed by atoms with Gasteiger partial charge in [0.1, 0.15) is 0 Å². The summed E-state index contributed by atoms with van der Waals surface area (Å²) in [4.78, 5) is 0.340. The molecule has 0 amide bonds. The van der Waals surface area contributed by atoms with Gasteiger partial charge in [-0.3, -0.25) is 0 Å². The van der Waals surface area contributed by atoms with E-state index in [1.807, 2.05) is 6.92 Å². The molecular weight excluding hydrogens is 250 g/mol. The molecule has 1 aliphatic heterocycles. The maximum Gasteiger partial charge on any atom is 0.243 e. The summed E-state index contributed by atoms with van der Waals surface area (Å²) in [5.41, 5.74) is 1.04. The summed E-state index contributed by atoms with van der Waals surface area (Å²) in [5, 5.41) is 9.16. The number of hydrogen-bond acceptors (Lipinski definition) is 3. The van der Waals surface area contributed by atoms with Crippen molar-refractivity contribution in [3.63, 3.8) is 0 Å². The van der Waals surface area contributed by atoms with Gasteiger partial charge in [-0.05, 0) is 37.8 Å². The molecule has 0 unspecified atom stereocenters. The van der Waals surface area contributed by atoms with E-state index < -0.39 is 10.0 Å². The summed E-state index contributed by atoms with van der Waals surface area (Å²) in [6, 6.07) is 6.90. The Labute approximate surface area is 108 Å². The van der Waals surface area contributed by atoms with Gasteiger partial charge >= 0.3 is 0 Å². The predicted molar refractivity (Wildman–Crippen MR) is 69.7 cm³/mol. The molecule has 1 heterocycles. The van der Waals surface area contributed by atoms with Crippen LogP contribution < -0.4 is 0 Å². The average molecular weight is 269 g/mol. The number of aryl methyl sites for hydroxylation is 1. The number of aliphatic hydroxyl groups excluding tert-OH is 1. The second kappa shape index (κ2) is 5.38. The van der Waals surface area contributed by atoms with Gasteiger partial charge in [-0.1, -0.05) is 17.7 Å². The lowest BCUT2D eigenvalue weighted by Crippen LogP contribution is -2.40. The molecule has 1 saturated heterocycles. The lowest BCUT2D eigenvalue weighted by atomic mass is 10.0. The van der Waals surface area contributed by atoms with Crippen LogP contribution >= 0.6 is 0 Å². The lowest BCUT2D eigenvalue weighted by molar-refractivity contribution is 0.165. The van der Waals surface area contributed by atoms with Crippen molar-refractivity contribution in [2.45, 2.75) is 24.7 Å². The van der Waals surface area contributed by atoms with Crippen LogP contribution in [0, 0.1) is 12.8 Å². The molecule has 1 aliphatic rings. The Hall–Kier alpha value is -0.910. The first-order valence-electron chi connectivity index (χ1n) is 6.21. The zero-order valence-electron chi connectivity index (χ0n) is 10.5. The van der Waals surface area contributed by atoms with E-state index in [0.29, 0.717) is 18.0 Å². The van der Waals surface area contributed by atoms with Gasteiger partial charge in [-0.2, -0.15) is 4.31 Å². The third kappa shape index (κ3) is 2.74. The minimum absolute atomic E-state index is 0.0555. The van der Waals surface area contributed by atoms with E-state index in [1.54, 1.807) is 24.3 Å². The van der Waals surface area contributed by atoms with Crippen LogP contribution in [0.4, 0.5) is 0 Å². The number of aliphatic hydroxyl groups is 1. The molecule has 100 valence electrons. The summed E-state index contributed by atoms with van der Waals surface area (Å²) >= 11 is 0. The van der Waals surface area contributed by atoms with Crippen molar-refractivity contribution in [1.82, 2.24) is 4.31 Å². The van der Waals surface area contributed by atoms with Crippen molar-refractivity contribution in [3.05, 3.63) is 29.8 Å². The zero-order valence-corrected chi connectivity index (χ0v) is 11.4. The van der Waals surface area contributed by atoms with Crippen molar-refractivity contribution in [2.75, 3.05) is 19.7 Å². The van der Waals surface area contributed by atoms with Crippen molar-refractivity contribution >= 4 is 10.0 Å². The van der Waals surface area contributed by atoms with Crippen LogP contribution in [0.25, 0.3) is 0 Å². The second-order valence-corrected chi connectivity index (χ2v) is 6.80. The first-order valence-corrected chi connectivity index (χ1v) is 7.65. The van der Waals surface area contributed by atoms with Gasteiger partial charge in [-0.25, -0.2) is 8.42 Å². The minimum atomic E-state index is -3.40. The highest BCUT2D eigenvalue weighted by atomic mass is 32.2. The van der Waals surface area contributed by atoms with Crippen molar-refractivity contribution in [2.24, 2.45) is 5.92 Å². The Morgan fingerprint density at radius 2 is 2.00 bits per heavy atom. The summed E-state index contributed by atoms with van der Waals surface area (Å²) in [5.74, 6) is 0.0685. The Kier molecular flexibility index (Phi) is 4.04. The summed E-state index contributed by atoms with van der Waals surface area (Å²) < 4.78 is 26.3. The van der Waals surface area contributed by atoms with Crippen LogP contribution in [0.2, 0.25) is 0 Å². The topological polar surface area (TPSA) is 57.6 Å². The Morgan fingerprint density at radius 1 is 1.33 bits per heavy atom. The van der Waals surface area contributed by atoms with E-state index in [0.717, 1.165) is 18.4 Å². The monoisotopic (exact) mass is 269 g/mol. The van der Waals surface area contributed by atoms with Crippen molar-refractivity contribution < 1.29 is 13.5 Å². The number of benzene rings is 1. The molecule has 0 aromatic heterocycles. The SMILES string of the molecule is Cc1ccc(S(=O)(=O)N2CCC[C@@H](CO)C2)cc1. The van der Waals surface area contributed by atoms with Gasteiger partial charge in [0.25, 0.3) is 0 Å². The fourth-order valence-corrected chi connectivity index (χ4v) is 3.81. The third-order valence-corrected chi connectivity index (χ3v) is 5.28. The number of sulfonamides is 1. The van der Waals surface area contributed by atoms with E-state index in [9.17, 15) is 8.42 Å². The van der Waals surface area contributed by atoms with Gasteiger partial charge in [0.2, 0.25) is 10.0 Å². The summed E-state index contributed by atoms with van der Waals surface area (Å²) in [7, 11) is -3.40. The quantitative estimate of drug-likeness (QED) is 0.902. The molecule has 0 spiro atoms. The van der Waals surface area contributed by atoms with Gasteiger partial charge in [0.05, 0.1) is 4.90 Å². The van der Waals surface area contributed by atoms with Crippen LogP contribution in [0.5, 0.6) is 0 Å². The normalized spacial score (nSPS) is 22.0. The van der Waals surface area contributed by atoms with Gasteiger partial charge in [0.15, 0.2) is 0 Å². The molecule has 0 radical (unpaired) electrons. The van der Waals surface area contributed by atoms with E-state index in [2.05, 4.69) is 0 Å². The third-order valence-electron chi connectivity index (χ3n) is 3.40. The summed E-state index contributed by atoms with van der Waals surface area (Å²) in [6.45, 7) is 2.96. The first kappa shape index (κ1) is 13.5. The Morgan fingerprint density at radius 3 is 2.61 bits per heavy atom. The molecule has 2 rings (SSSR count). The average Bonchev–Trinajstić information content (AvgIpc) is 2.39. The Bertz CT molecular complexity index is 495. The van der Waals surface area contributed by atoms with E-state index in [1.165, 1.54) is 4.31 Å². The number of piperidine rings is 1. The standard InChI is InChI=1S/C13H19NO3S/c1-11-4-6-13(7-5-11)18(16,17)14-8-2-3-12(9-14)10-15/h4-7,12,15H,2-3,8-10H2,1H3/t12-/m1/s1. The number of rotatable bonds is 3. The molecule has 1 aromatic rings. The van der Waals surface area contributed by atoms with E-state index >= 15 is 0 Å². The van der Waals surface area contributed by atoms with E-state index in [4.69, 9.17) is 5.11 Å². The van der Waals surface area contributed by atoms with Crippen LogP contribution in [0.1, 0.15) is 18.4 Å². The lowest BCUT2D eigenvalue weighted by Gasteiger charge is -2.30. The molecule has 1 aromatic carbocycles. The van der Waals surface area contributed by atoms with Crippen molar-refractivity contribution in [1.29, 1.82) is 0 Å². The molecule has 18 heavy (non-hydrogen) atoms. The summed E-state index contributed by atoms with van der Waals surface area (Å²) in [6.07, 6.45) is 1.72. The molecule has 1 fully saturated rings. The van der Waals surface area contributed by atoms with Crippen molar-refractivity contribution in [3.8, 4) is 0 Å². The van der Waals surface area contributed by atoms with Crippen LogP contribution in [0.15, 0.2) is 29.2 Å². The van der Waals surface area contributed by atoms with Gasteiger partial charge < -0.3 is 5.11 Å². The minimum Gasteiger partial charge on any atom is -0.396 e. The largest absolute Gasteiger partial charge is 0.396 e. The van der Waals surface area contributed by atoms with Crippen LogP contribution in [-0.2, 0) is 10.0 Å². The second-order valence-electron chi connectivity index (χ2n) is 4.87. The smallest absolute Gasteiger partial charge is 0.243 e. The number of hydrogen-bond donors (Lipinski definition) is 1. The fourth-order valence-electron chi connectivity index (χ4n) is 2.25. The predicted octanol–water partition coefficient (Wildman–Crippen LogP) is 1.39. The van der Waals surface area contributed by atoms with Gasteiger partial charge in [-0.15, -0.1) is 0 Å². The molecule has 1 atom stereocenters. The highest BCUT2D eigenvalue weighted by molar-refractivity contribution is 7.89. The van der Waals surface area contributed by atoms with Crippen LogP contribution in [0.3, 0.4) is 0 Å². The maximum absolute atomic E-state index is 12.4. The molecule has 4 nitrogen and oxygen atoms in total. The highest BCUT2D eigenvalue weighted by Crippen LogP contribution is 2.23.